The van der Waals surface area contributed by atoms with Gasteiger partial charge in [0.15, 0.2) is 0 Å². The molecule has 6 heteroatoms. The molecule has 0 bridgehead atoms. The summed E-state index contributed by atoms with van der Waals surface area (Å²) in [5.41, 5.74) is 0.656. The molecule has 1 aromatic rings. The van der Waals surface area contributed by atoms with Gasteiger partial charge in [0.25, 0.3) is 0 Å². The number of aromatic carboxylic acids is 1. The van der Waals surface area contributed by atoms with Crippen molar-refractivity contribution in [3.8, 4) is 0 Å². The van der Waals surface area contributed by atoms with E-state index in [0.717, 1.165) is 39.0 Å². The molecule has 0 aliphatic heterocycles. The van der Waals surface area contributed by atoms with Crippen LogP contribution in [0.15, 0.2) is 12.5 Å². The van der Waals surface area contributed by atoms with Crippen molar-refractivity contribution >= 4 is 5.97 Å². The van der Waals surface area contributed by atoms with E-state index in [0.29, 0.717) is 12.2 Å². The number of carboxylic acids is 1. The van der Waals surface area contributed by atoms with Gasteiger partial charge in [0.2, 0.25) is 0 Å². The number of unbranched alkanes of at least 4 members (excludes halogenated alkanes) is 1. The second-order valence-corrected chi connectivity index (χ2v) is 4.18. The first-order chi connectivity index (χ1) is 9.25. The van der Waals surface area contributed by atoms with E-state index in [4.69, 9.17) is 9.84 Å². The second kappa shape index (κ2) is 9.41. The Morgan fingerprint density at radius 3 is 2.95 bits per heavy atom. The molecule has 0 aromatic carbocycles. The molecular formula is C13H21N3O3. The van der Waals surface area contributed by atoms with Crippen molar-refractivity contribution in [2.45, 2.75) is 32.7 Å². The quantitative estimate of drug-likeness (QED) is 0.624. The number of carbonyl (C=O) groups is 1. The van der Waals surface area contributed by atoms with Gasteiger partial charge in [0, 0.05) is 26.0 Å². The molecular weight excluding hydrogens is 246 g/mol. The fourth-order valence-electron chi connectivity index (χ4n) is 1.53. The largest absolute Gasteiger partial charge is 0.478 e. The maximum Gasteiger partial charge on any atom is 0.339 e. The van der Waals surface area contributed by atoms with Gasteiger partial charge in [0.05, 0.1) is 5.69 Å². The summed E-state index contributed by atoms with van der Waals surface area (Å²) in [5, 5.41) is 12.1. The molecule has 2 N–H and O–H groups in total. The van der Waals surface area contributed by atoms with E-state index < -0.39 is 5.97 Å². The molecule has 0 unspecified atom stereocenters. The van der Waals surface area contributed by atoms with Crippen LogP contribution >= 0.6 is 0 Å². The molecule has 0 aliphatic rings. The van der Waals surface area contributed by atoms with Gasteiger partial charge in [-0.2, -0.15) is 0 Å². The van der Waals surface area contributed by atoms with Gasteiger partial charge in [-0.15, -0.1) is 0 Å². The van der Waals surface area contributed by atoms with Gasteiger partial charge in [-0.05, 0) is 19.4 Å². The minimum Gasteiger partial charge on any atom is -0.478 e. The number of hydrogen-bond acceptors (Lipinski definition) is 5. The monoisotopic (exact) mass is 267 g/mol. The number of rotatable bonds is 10. The normalized spacial score (nSPS) is 10.6. The van der Waals surface area contributed by atoms with Crippen molar-refractivity contribution in [1.29, 1.82) is 0 Å². The van der Waals surface area contributed by atoms with Gasteiger partial charge < -0.3 is 15.2 Å². The summed E-state index contributed by atoms with van der Waals surface area (Å²) < 4.78 is 5.43. The average Bonchev–Trinajstić information content (AvgIpc) is 2.42. The smallest absolute Gasteiger partial charge is 0.339 e. The Bertz CT molecular complexity index is 385. The Morgan fingerprint density at radius 2 is 2.21 bits per heavy atom. The maximum atomic E-state index is 10.9. The number of carboxylic acid groups (broad SMARTS) is 1. The summed E-state index contributed by atoms with van der Waals surface area (Å²) in [4.78, 5) is 18.6. The van der Waals surface area contributed by atoms with Crippen molar-refractivity contribution in [1.82, 2.24) is 15.3 Å². The Balaban J connectivity index is 2.17. The number of hydrogen-bond donors (Lipinski definition) is 2. The topological polar surface area (TPSA) is 84.3 Å². The van der Waals surface area contributed by atoms with Crippen molar-refractivity contribution in [2.75, 3.05) is 19.8 Å². The van der Waals surface area contributed by atoms with Crippen molar-refractivity contribution in [3.05, 3.63) is 23.8 Å². The number of nitrogens with zero attached hydrogens (tertiary/aromatic N) is 2. The summed E-state index contributed by atoms with van der Waals surface area (Å²) in [6, 6.07) is 0. The van der Waals surface area contributed by atoms with Gasteiger partial charge in [-0.25, -0.2) is 14.8 Å². The highest BCUT2D eigenvalue weighted by atomic mass is 16.5. The minimum absolute atomic E-state index is 0.147. The molecule has 0 atom stereocenters. The van der Waals surface area contributed by atoms with Gasteiger partial charge in [-0.3, -0.25) is 0 Å². The van der Waals surface area contributed by atoms with E-state index in [2.05, 4.69) is 22.2 Å². The Labute approximate surface area is 113 Å². The minimum atomic E-state index is -1.000. The Kier molecular flexibility index (Phi) is 7.69. The first kappa shape index (κ1) is 15.5. The Hall–Kier alpha value is -1.53. The van der Waals surface area contributed by atoms with Crippen LogP contribution < -0.4 is 5.32 Å². The van der Waals surface area contributed by atoms with E-state index in [-0.39, 0.29) is 5.56 Å². The van der Waals surface area contributed by atoms with Gasteiger partial charge in [-0.1, -0.05) is 13.3 Å². The van der Waals surface area contributed by atoms with Crippen molar-refractivity contribution in [3.63, 3.8) is 0 Å². The molecule has 1 aromatic heterocycles. The van der Waals surface area contributed by atoms with Gasteiger partial charge >= 0.3 is 5.97 Å². The maximum absolute atomic E-state index is 10.9. The lowest BCUT2D eigenvalue weighted by Gasteiger charge is -2.07. The summed E-state index contributed by atoms with van der Waals surface area (Å²) in [6.45, 7) is 4.87. The van der Waals surface area contributed by atoms with Gasteiger partial charge in [0.1, 0.15) is 11.9 Å². The zero-order valence-electron chi connectivity index (χ0n) is 11.3. The molecule has 106 valence electrons. The molecule has 6 nitrogen and oxygen atoms in total. The van der Waals surface area contributed by atoms with Crippen LogP contribution in [-0.2, 0) is 11.3 Å². The highest BCUT2D eigenvalue weighted by molar-refractivity contribution is 5.88. The lowest BCUT2D eigenvalue weighted by molar-refractivity contribution is 0.0694. The average molecular weight is 267 g/mol. The highest BCUT2D eigenvalue weighted by Crippen LogP contribution is 2.02. The molecule has 0 radical (unpaired) electrons. The van der Waals surface area contributed by atoms with E-state index in [1.165, 1.54) is 12.5 Å². The molecule has 1 heterocycles. The molecule has 0 fully saturated rings. The number of aromatic nitrogens is 2. The van der Waals surface area contributed by atoms with Crippen LogP contribution in [-0.4, -0.2) is 40.8 Å². The predicted molar refractivity (Wildman–Crippen MR) is 71.0 cm³/mol. The second-order valence-electron chi connectivity index (χ2n) is 4.18. The molecule has 0 spiro atoms. The summed E-state index contributed by atoms with van der Waals surface area (Å²) in [5.74, 6) is -1.000. The van der Waals surface area contributed by atoms with E-state index in [1.807, 2.05) is 0 Å². The fraction of sp³-hybridized carbons (Fsp3) is 0.615. The summed E-state index contributed by atoms with van der Waals surface area (Å²) in [7, 11) is 0. The third-order valence-corrected chi connectivity index (χ3v) is 2.60. The first-order valence-corrected chi connectivity index (χ1v) is 6.56. The summed E-state index contributed by atoms with van der Waals surface area (Å²) in [6.07, 6.45) is 5.81. The highest BCUT2D eigenvalue weighted by Gasteiger charge is 2.10. The molecule has 0 saturated heterocycles. The lowest BCUT2D eigenvalue weighted by Crippen LogP contribution is -2.19. The van der Waals surface area contributed by atoms with E-state index in [1.54, 1.807) is 0 Å². The molecule has 0 amide bonds. The standard InChI is InChI=1S/C13H21N3O3/c1-2-3-6-19-7-4-5-14-9-12-11(13(17)18)8-15-10-16-12/h8,10,14H,2-7,9H2,1H3,(H,17,18). The zero-order valence-corrected chi connectivity index (χ0v) is 11.3. The third kappa shape index (κ3) is 6.26. The van der Waals surface area contributed by atoms with E-state index >= 15 is 0 Å². The van der Waals surface area contributed by atoms with Crippen LogP contribution in [0.2, 0.25) is 0 Å². The van der Waals surface area contributed by atoms with Crippen molar-refractivity contribution in [2.24, 2.45) is 0 Å². The SMILES string of the molecule is CCCCOCCCNCc1ncncc1C(=O)O. The van der Waals surface area contributed by atoms with Crippen LogP contribution in [0.3, 0.4) is 0 Å². The van der Waals surface area contributed by atoms with Crippen LogP contribution in [0.25, 0.3) is 0 Å². The predicted octanol–water partition coefficient (Wildman–Crippen LogP) is 1.47. The van der Waals surface area contributed by atoms with Crippen LogP contribution in [0.5, 0.6) is 0 Å². The zero-order chi connectivity index (χ0) is 13.9. The number of ether oxygens (including phenoxy) is 1. The van der Waals surface area contributed by atoms with Crippen LogP contribution in [0.4, 0.5) is 0 Å². The molecule has 19 heavy (non-hydrogen) atoms. The van der Waals surface area contributed by atoms with E-state index in [9.17, 15) is 4.79 Å². The van der Waals surface area contributed by atoms with Crippen molar-refractivity contribution < 1.29 is 14.6 Å². The third-order valence-electron chi connectivity index (χ3n) is 2.60. The molecule has 1 rings (SSSR count). The molecule has 0 aliphatic carbocycles. The summed E-state index contributed by atoms with van der Waals surface area (Å²) >= 11 is 0. The first-order valence-electron chi connectivity index (χ1n) is 6.56. The van der Waals surface area contributed by atoms with Crippen LogP contribution in [0, 0.1) is 0 Å². The Morgan fingerprint density at radius 1 is 1.42 bits per heavy atom. The molecule has 0 saturated carbocycles. The van der Waals surface area contributed by atoms with Crippen LogP contribution in [0.1, 0.15) is 42.2 Å². The fourth-order valence-corrected chi connectivity index (χ4v) is 1.53. The lowest BCUT2D eigenvalue weighted by atomic mass is 10.2. The number of nitrogens with one attached hydrogen (secondary N) is 1.